The third-order valence-electron chi connectivity index (χ3n) is 3.76. The molecule has 134 valence electrons. The number of rotatable bonds is 7. The van der Waals surface area contributed by atoms with Gasteiger partial charge in [0.2, 0.25) is 11.8 Å². The standard InChI is InChI=1S/C19H17ClFN3O2/c20-14-5-3-4-13(12-14)10-11-22-17(25)8-9-18-23-24-19(26-18)15-6-1-2-7-16(15)21/h1-7,12H,8-11H2,(H,22,25). The summed E-state index contributed by atoms with van der Waals surface area (Å²) in [6.45, 7) is 0.517. The molecule has 0 saturated heterocycles. The molecule has 0 bridgehead atoms. The van der Waals surface area contributed by atoms with Crippen LogP contribution in [0.3, 0.4) is 0 Å². The average molecular weight is 374 g/mol. The van der Waals surface area contributed by atoms with Crippen LogP contribution in [0.2, 0.25) is 5.02 Å². The Morgan fingerprint density at radius 2 is 1.96 bits per heavy atom. The summed E-state index contributed by atoms with van der Waals surface area (Å²) in [5.74, 6) is -0.133. The predicted octanol–water partition coefficient (Wildman–Crippen LogP) is 3.82. The van der Waals surface area contributed by atoms with Crippen LogP contribution in [0, 0.1) is 5.82 Å². The molecule has 3 aromatic rings. The van der Waals surface area contributed by atoms with Crippen molar-refractivity contribution < 1.29 is 13.6 Å². The van der Waals surface area contributed by atoms with E-state index in [1.54, 1.807) is 18.2 Å². The van der Waals surface area contributed by atoms with Crippen LogP contribution in [0.4, 0.5) is 4.39 Å². The Labute approximate surface area is 155 Å². The number of benzene rings is 2. The molecule has 0 aliphatic rings. The third-order valence-corrected chi connectivity index (χ3v) is 4.00. The minimum Gasteiger partial charge on any atom is -0.421 e. The summed E-state index contributed by atoms with van der Waals surface area (Å²) in [5.41, 5.74) is 1.31. The number of amides is 1. The number of aromatic nitrogens is 2. The molecular weight excluding hydrogens is 357 g/mol. The van der Waals surface area contributed by atoms with Crippen LogP contribution in [0.25, 0.3) is 11.5 Å². The van der Waals surface area contributed by atoms with E-state index in [0.29, 0.717) is 30.3 Å². The maximum Gasteiger partial charge on any atom is 0.250 e. The number of nitrogens with zero attached hydrogens (tertiary/aromatic N) is 2. The molecule has 5 nitrogen and oxygen atoms in total. The minimum atomic E-state index is -0.429. The summed E-state index contributed by atoms with van der Waals surface area (Å²) >= 11 is 5.93. The van der Waals surface area contributed by atoms with E-state index in [-0.39, 0.29) is 23.8 Å². The van der Waals surface area contributed by atoms with Crippen LogP contribution in [0.5, 0.6) is 0 Å². The lowest BCUT2D eigenvalue weighted by Gasteiger charge is -2.05. The molecule has 0 unspecified atom stereocenters. The SMILES string of the molecule is O=C(CCc1nnc(-c2ccccc2F)o1)NCCc1cccc(Cl)c1. The van der Waals surface area contributed by atoms with Gasteiger partial charge in [0.05, 0.1) is 5.56 Å². The summed E-state index contributed by atoms with van der Waals surface area (Å²) in [6.07, 6.45) is 1.21. The first-order valence-corrected chi connectivity index (χ1v) is 8.58. The Hall–Kier alpha value is -2.73. The lowest BCUT2D eigenvalue weighted by Crippen LogP contribution is -2.25. The quantitative estimate of drug-likeness (QED) is 0.683. The molecule has 1 amide bonds. The lowest BCUT2D eigenvalue weighted by atomic mass is 10.1. The Morgan fingerprint density at radius 1 is 1.12 bits per heavy atom. The molecule has 0 radical (unpaired) electrons. The number of carbonyl (C=O) groups excluding carboxylic acids is 1. The highest BCUT2D eigenvalue weighted by atomic mass is 35.5. The van der Waals surface area contributed by atoms with Gasteiger partial charge in [0.15, 0.2) is 0 Å². The molecule has 3 rings (SSSR count). The van der Waals surface area contributed by atoms with Gasteiger partial charge in [0, 0.05) is 24.4 Å². The molecule has 0 aliphatic carbocycles. The number of hydrogen-bond acceptors (Lipinski definition) is 4. The monoisotopic (exact) mass is 373 g/mol. The van der Waals surface area contributed by atoms with Crippen LogP contribution in [-0.4, -0.2) is 22.6 Å². The van der Waals surface area contributed by atoms with Crippen LogP contribution >= 0.6 is 11.6 Å². The van der Waals surface area contributed by atoms with E-state index in [1.165, 1.54) is 6.07 Å². The first-order chi connectivity index (χ1) is 12.6. The molecule has 1 aromatic heterocycles. The Bertz CT molecular complexity index is 898. The summed E-state index contributed by atoms with van der Waals surface area (Å²) in [4.78, 5) is 11.9. The maximum atomic E-state index is 13.7. The molecular formula is C19H17ClFN3O2. The van der Waals surface area contributed by atoms with E-state index < -0.39 is 5.82 Å². The van der Waals surface area contributed by atoms with Gasteiger partial charge in [0.1, 0.15) is 5.82 Å². The molecule has 0 spiro atoms. The predicted molar refractivity (Wildman–Crippen MR) is 96.2 cm³/mol. The van der Waals surface area contributed by atoms with Gasteiger partial charge in [-0.25, -0.2) is 4.39 Å². The molecule has 0 fully saturated rings. The zero-order valence-electron chi connectivity index (χ0n) is 13.9. The van der Waals surface area contributed by atoms with Crippen molar-refractivity contribution in [1.82, 2.24) is 15.5 Å². The molecule has 0 aliphatic heterocycles. The molecule has 7 heteroatoms. The summed E-state index contributed by atoms with van der Waals surface area (Å²) in [6, 6.07) is 13.7. The number of halogens is 2. The number of hydrogen-bond donors (Lipinski definition) is 1. The third kappa shape index (κ3) is 4.89. The average Bonchev–Trinajstić information content (AvgIpc) is 3.09. The van der Waals surface area contributed by atoms with Gasteiger partial charge in [-0.15, -0.1) is 10.2 Å². The minimum absolute atomic E-state index is 0.111. The second-order valence-corrected chi connectivity index (χ2v) is 6.15. The second kappa shape index (κ2) is 8.58. The van der Waals surface area contributed by atoms with Crippen molar-refractivity contribution in [2.45, 2.75) is 19.3 Å². The van der Waals surface area contributed by atoms with Gasteiger partial charge < -0.3 is 9.73 Å². The van der Waals surface area contributed by atoms with Crippen molar-refractivity contribution in [3.05, 3.63) is 70.8 Å². The van der Waals surface area contributed by atoms with Gasteiger partial charge in [-0.05, 0) is 36.2 Å². The van der Waals surface area contributed by atoms with Crippen molar-refractivity contribution in [2.75, 3.05) is 6.54 Å². The van der Waals surface area contributed by atoms with Crippen LogP contribution in [0.15, 0.2) is 52.9 Å². The van der Waals surface area contributed by atoms with Crippen LogP contribution in [0.1, 0.15) is 17.9 Å². The fraction of sp³-hybridized carbons (Fsp3) is 0.211. The molecule has 1 heterocycles. The summed E-state index contributed by atoms with van der Waals surface area (Å²) < 4.78 is 19.1. The van der Waals surface area contributed by atoms with Crippen LogP contribution in [-0.2, 0) is 17.6 Å². The first kappa shape index (κ1) is 18.1. The Morgan fingerprint density at radius 3 is 2.77 bits per heavy atom. The number of nitrogens with one attached hydrogen (secondary N) is 1. The molecule has 2 aromatic carbocycles. The normalized spacial score (nSPS) is 10.7. The van der Waals surface area contributed by atoms with Crippen molar-refractivity contribution >= 4 is 17.5 Å². The van der Waals surface area contributed by atoms with E-state index >= 15 is 0 Å². The molecule has 0 atom stereocenters. The van der Waals surface area contributed by atoms with Gasteiger partial charge in [-0.1, -0.05) is 35.9 Å². The van der Waals surface area contributed by atoms with E-state index in [4.69, 9.17) is 16.0 Å². The first-order valence-electron chi connectivity index (χ1n) is 8.20. The van der Waals surface area contributed by atoms with Gasteiger partial charge in [-0.2, -0.15) is 0 Å². The van der Waals surface area contributed by atoms with Crippen molar-refractivity contribution in [1.29, 1.82) is 0 Å². The topological polar surface area (TPSA) is 68.0 Å². The highest BCUT2D eigenvalue weighted by Gasteiger charge is 2.13. The largest absolute Gasteiger partial charge is 0.421 e. The Kier molecular flexibility index (Phi) is 5.96. The number of aryl methyl sites for hydroxylation is 1. The maximum absolute atomic E-state index is 13.7. The molecule has 26 heavy (non-hydrogen) atoms. The van der Waals surface area contributed by atoms with Crippen molar-refractivity contribution in [2.24, 2.45) is 0 Å². The van der Waals surface area contributed by atoms with Crippen molar-refractivity contribution in [3.63, 3.8) is 0 Å². The van der Waals surface area contributed by atoms with E-state index in [9.17, 15) is 9.18 Å². The van der Waals surface area contributed by atoms with Gasteiger partial charge in [-0.3, -0.25) is 4.79 Å². The molecule has 0 saturated carbocycles. The highest BCUT2D eigenvalue weighted by molar-refractivity contribution is 6.30. The zero-order chi connectivity index (χ0) is 18.4. The Balaban J connectivity index is 1.45. The summed E-state index contributed by atoms with van der Waals surface area (Å²) in [5, 5.41) is 11.2. The van der Waals surface area contributed by atoms with E-state index in [1.807, 2.05) is 24.3 Å². The van der Waals surface area contributed by atoms with Gasteiger partial charge >= 0.3 is 0 Å². The van der Waals surface area contributed by atoms with E-state index in [2.05, 4.69) is 15.5 Å². The summed E-state index contributed by atoms with van der Waals surface area (Å²) in [7, 11) is 0. The number of carbonyl (C=O) groups is 1. The fourth-order valence-electron chi connectivity index (χ4n) is 2.45. The zero-order valence-corrected chi connectivity index (χ0v) is 14.7. The lowest BCUT2D eigenvalue weighted by molar-refractivity contribution is -0.121. The second-order valence-electron chi connectivity index (χ2n) is 5.71. The highest BCUT2D eigenvalue weighted by Crippen LogP contribution is 2.21. The van der Waals surface area contributed by atoms with Gasteiger partial charge in [0.25, 0.3) is 5.89 Å². The van der Waals surface area contributed by atoms with Crippen LogP contribution < -0.4 is 5.32 Å². The fourth-order valence-corrected chi connectivity index (χ4v) is 2.66. The molecule has 1 N–H and O–H groups in total. The van der Waals surface area contributed by atoms with E-state index in [0.717, 1.165) is 5.56 Å². The van der Waals surface area contributed by atoms with Crippen molar-refractivity contribution in [3.8, 4) is 11.5 Å². The smallest absolute Gasteiger partial charge is 0.250 e.